The average molecular weight is 341 g/mol. The molecule has 0 saturated carbocycles. The minimum absolute atomic E-state index is 0.0462. The smallest absolute Gasteiger partial charge is 0.261 e. The van der Waals surface area contributed by atoms with E-state index >= 15 is 0 Å². The van der Waals surface area contributed by atoms with E-state index in [0.717, 1.165) is 0 Å². The van der Waals surface area contributed by atoms with Crippen LogP contribution in [0.1, 0.15) is 23.7 Å². The molecule has 1 aliphatic heterocycles. The molecule has 2 rings (SSSR count). The summed E-state index contributed by atoms with van der Waals surface area (Å²) in [5.41, 5.74) is 0.398. The van der Waals surface area contributed by atoms with E-state index < -0.39 is 21.8 Å². The molecule has 1 fully saturated rings. The summed E-state index contributed by atoms with van der Waals surface area (Å²) in [5.74, 6) is 0.306. The Morgan fingerprint density at radius 1 is 1.39 bits per heavy atom. The van der Waals surface area contributed by atoms with Gasteiger partial charge in [-0.15, -0.1) is 0 Å². The molecular formula is C15H19NO6S. The zero-order valence-corrected chi connectivity index (χ0v) is 13.8. The molecule has 8 heteroatoms. The van der Waals surface area contributed by atoms with Crippen LogP contribution in [0.3, 0.4) is 0 Å². The molecule has 126 valence electrons. The first-order chi connectivity index (χ1) is 10.8. The van der Waals surface area contributed by atoms with Gasteiger partial charge in [0.15, 0.2) is 27.4 Å². The molecule has 7 nitrogen and oxygen atoms in total. The number of hydrogen-bond donors (Lipinski definition) is 1. The van der Waals surface area contributed by atoms with Gasteiger partial charge in [-0.25, -0.2) is 8.42 Å². The first-order valence-electron chi connectivity index (χ1n) is 7.15. The normalized spacial score (nSPS) is 20.5. The van der Waals surface area contributed by atoms with Crippen LogP contribution in [-0.4, -0.2) is 51.4 Å². The largest absolute Gasteiger partial charge is 0.493 e. The minimum atomic E-state index is -3.06. The number of carbonyl (C=O) groups excluding carboxylic acids is 2. The Balaban J connectivity index is 2.02. The van der Waals surface area contributed by atoms with Crippen molar-refractivity contribution in [3.63, 3.8) is 0 Å². The van der Waals surface area contributed by atoms with E-state index in [4.69, 9.17) is 9.47 Å². The highest BCUT2D eigenvalue weighted by molar-refractivity contribution is 7.91. The van der Waals surface area contributed by atoms with Crippen molar-refractivity contribution in [1.82, 2.24) is 5.32 Å². The summed E-state index contributed by atoms with van der Waals surface area (Å²) in [5, 5.41) is 2.67. The standard InChI is InChI=1S/C15H19NO6S/c1-10(15(18)16-12-5-6-23(19,20)9-12)22-14-7-11(8-17)3-4-13(14)21-2/h3-4,7-8,10,12H,5-6,9H2,1-2H3,(H,16,18)/t10-,12+/m1/s1. The van der Waals surface area contributed by atoms with E-state index in [1.807, 2.05) is 0 Å². The van der Waals surface area contributed by atoms with Crippen molar-refractivity contribution in [2.75, 3.05) is 18.6 Å². The lowest BCUT2D eigenvalue weighted by atomic mass is 10.2. The van der Waals surface area contributed by atoms with Crippen LogP contribution < -0.4 is 14.8 Å². The van der Waals surface area contributed by atoms with Gasteiger partial charge in [0.1, 0.15) is 6.29 Å². The summed E-state index contributed by atoms with van der Waals surface area (Å²) in [4.78, 5) is 23.0. The molecule has 0 spiro atoms. The lowest BCUT2D eigenvalue weighted by Gasteiger charge is -2.19. The fourth-order valence-electron chi connectivity index (χ4n) is 2.33. The van der Waals surface area contributed by atoms with Crippen molar-refractivity contribution in [3.05, 3.63) is 23.8 Å². The van der Waals surface area contributed by atoms with Crippen molar-refractivity contribution in [2.45, 2.75) is 25.5 Å². The molecule has 1 aromatic carbocycles. The van der Waals surface area contributed by atoms with Gasteiger partial charge in [-0.2, -0.15) is 0 Å². The van der Waals surface area contributed by atoms with Crippen molar-refractivity contribution < 1.29 is 27.5 Å². The number of amides is 1. The molecule has 1 heterocycles. The van der Waals surface area contributed by atoms with Crippen LogP contribution in [0, 0.1) is 0 Å². The van der Waals surface area contributed by atoms with Crippen LogP contribution in [0.2, 0.25) is 0 Å². The molecule has 0 unspecified atom stereocenters. The van der Waals surface area contributed by atoms with Crippen molar-refractivity contribution in [1.29, 1.82) is 0 Å². The van der Waals surface area contributed by atoms with Crippen LogP contribution in [0.4, 0.5) is 0 Å². The Kier molecular flexibility index (Phi) is 5.25. The average Bonchev–Trinajstić information content (AvgIpc) is 2.85. The Morgan fingerprint density at radius 3 is 2.70 bits per heavy atom. The van der Waals surface area contributed by atoms with E-state index in [0.29, 0.717) is 24.0 Å². The number of ether oxygens (including phenoxy) is 2. The van der Waals surface area contributed by atoms with E-state index in [-0.39, 0.29) is 23.3 Å². The number of hydrogen-bond acceptors (Lipinski definition) is 6. The van der Waals surface area contributed by atoms with Crippen molar-refractivity contribution in [3.8, 4) is 11.5 Å². The van der Waals surface area contributed by atoms with Gasteiger partial charge >= 0.3 is 0 Å². The fourth-order valence-corrected chi connectivity index (χ4v) is 4.00. The molecule has 1 saturated heterocycles. The zero-order valence-electron chi connectivity index (χ0n) is 12.9. The number of methoxy groups -OCH3 is 1. The zero-order chi connectivity index (χ0) is 17.0. The molecule has 2 atom stereocenters. The summed E-state index contributed by atoms with van der Waals surface area (Å²) < 4.78 is 33.5. The summed E-state index contributed by atoms with van der Waals surface area (Å²) in [6.07, 6.45) is 0.222. The quantitative estimate of drug-likeness (QED) is 0.760. The summed E-state index contributed by atoms with van der Waals surface area (Å²) in [6, 6.07) is 4.25. The van der Waals surface area contributed by atoms with Gasteiger partial charge in [-0.3, -0.25) is 9.59 Å². The third-order valence-corrected chi connectivity index (χ3v) is 5.34. The Labute approximate surface area is 134 Å². The first-order valence-corrected chi connectivity index (χ1v) is 8.97. The highest BCUT2D eigenvalue weighted by atomic mass is 32.2. The van der Waals surface area contributed by atoms with Crippen LogP contribution in [0.5, 0.6) is 11.5 Å². The SMILES string of the molecule is COc1ccc(C=O)cc1O[C@H](C)C(=O)N[C@H]1CCS(=O)(=O)C1. The molecule has 1 N–H and O–H groups in total. The highest BCUT2D eigenvalue weighted by Gasteiger charge is 2.30. The van der Waals surface area contributed by atoms with E-state index in [2.05, 4.69) is 5.32 Å². The number of sulfone groups is 1. The van der Waals surface area contributed by atoms with Crippen LogP contribution in [0.25, 0.3) is 0 Å². The maximum absolute atomic E-state index is 12.1. The van der Waals surface area contributed by atoms with Crippen LogP contribution in [-0.2, 0) is 14.6 Å². The number of aldehydes is 1. The molecule has 0 aliphatic carbocycles. The lowest BCUT2D eigenvalue weighted by molar-refractivity contribution is -0.127. The third-order valence-electron chi connectivity index (χ3n) is 3.58. The van der Waals surface area contributed by atoms with Crippen LogP contribution >= 0.6 is 0 Å². The number of benzene rings is 1. The van der Waals surface area contributed by atoms with Gasteiger partial charge in [-0.1, -0.05) is 0 Å². The number of nitrogens with one attached hydrogen (secondary N) is 1. The Hall–Kier alpha value is -2.09. The monoisotopic (exact) mass is 341 g/mol. The van der Waals surface area contributed by atoms with Gasteiger partial charge in [0.05, 0.1) is 18.6 Å². The molecule has 23 heavy (non-hydrogen) atoms. The third kappa shape index (κ3) is 4.44. The minimum Gasteiger partial charge on any atom is -0.493 e. The highest BCUT2D eigenvalue weighted by Crippen LogP contribution is 2.28. The molecule has 1 amide bonds. The summed E-state index contributed by atoms with van der Waals surface area (Å²) in [6.45, 7) is 1.55. The van der Waals surface area contributed by atoms with Crippen molar-refractivity contribution in [2.24, 2.45) is 0 Å². The lowest BCUT2D eigenvalue weighted by Crippen LogP contribution is -2.43. The summed E-state index contributed by atoms with van der Waals surface area (Å²) >= 11 is 0. The van der Waals surface area contributed by atoms with Gasteiger partial charge in [0, 0.05) is 11.6 Å². The second kappa shape index (κ2) is 6.99. The predicted octanol–water partition coefficient (Wildman–Crippen LogP) is 0.578. The predicted molar refractivity (Wildman–Crippen MR) is 83.7 cm³/mol. The second-order valence-corrected chi connectivity index (χ2v) is 7.63. The van der Waals surface area contributed by atoms with Gasteiger partial charge in [0.25, 0.3) is 5.91 Å². The Morgan fingerprint density at radius 2 is 2.13 bits per heavy atom. The number of carbonyl (C=O) groups is 2. The molecule has 0 radical (unpaired) electrons. The second-order valence-electron chi connectivity index (χ2n) is 5.40. The van der Waals surface area contributed by atoms with Gasteiger partial charge < -0.3 is 14.8 Å². The molecule has 0 bridgehead atoms. The van der Waals surface area contributed by atoms with Gasteiger partial charge in [0.2, 0.25) is 0 Å². The van der Waals surface area contributed by atoms with E-state index in [9.17, 15) is 18.0 Å². The van der Waals surface area contributed by atoms with Gasteiger partial charge in [-0.05, 0) is 31.5 Å². The molecule has 1 aliphatic rings. The first kappa shape index (κ1) is 17.3. The fraction of sp³-hybridized carbons (Fsp3) is 0.467. The topological polar surface area (TPSA) is 98.8 Å². The number of rotatable bonds is 6. The Bertz CT molecular complexity index is 700. The van der Waals surface area contributed by atoms with Crippen molar-refractivity contribution >= 4 is 22.0 Å². The van der Waals surface area contributed by atoms with Crippen LogP contribution in [0.15, 0.2) is 18.2 Å². The molecule has 1 aromatic rings. The molecule has 0 aromatic heterocycles. The summed E-state index contributed by atoms with van der Waals surface area (Å²) in [7, 11) is -1.60. The maximum atomic E-state index is 12.1. The molecular weight excluding hydrogens is 322 g/mol. The maximum Gasteiger partial charge on any atom is 0.261 e. The van der Waals surface area contributed by atoms with E-state index in [1.165, 1.54) is 13.2 Å². The van der Waals surface area contributed by atoms with E-state index in [1.54, 1.807) is 19.1 Å².